The molecule has 1 N–H and O–H groups in total. The molecule has 0 atom stereocenters. The minimum absolute atomic E-state index is 0.0481. The lowest BCUT2D eigenvalue weighted by atomic mass is 10.3. The molecule has 1 heterocycles. The summed E-state index contributed by atoms with van der Waals surface area (Å²) in [6.45, 7) is 2.90. The Hall–Kier alpha value is -1.07. The molecule has 0 aliphatic carbocycles. The lowest BCUT2D eigenvalue weighted by Crippen LogP contribution is -2.45. The Kier molecular flexibility index (Phi) is 3.79. The normalized spacial score (nSPS) is 15.9. The number of rotatable bonds is 1. The van der Waals surface area contributed by atoms with Gasteiger partial charge in [0, 0.05) is 36.3 Å². The maximum absolute atomic E-state index is 11.8. The molecule has 1 radical (unpaired) electrons. The summed E-state index contributed by atoms with van der Waals surface area (Å²) in [4.78, 5) is 13.6. The molecule has 2 rings (SSSR count). The molecule has 0 bridgehead atoms. The van der Waals surface area contributed by atoms with Crippen LogP contribution in [0, 0.1) is 0 Å². The van der Waals surface area contributed by atoms with E-state index in [0.717, 1.165) is 23.2 Å². The molecule has 1 aromatic rings. The van der Waals surface area contributed by atoms with E-state index in [2.05, 4.69) is 26.6 Å². The first-order chi connectivity index (χ1) is 7.75. The highest BCUT2D eigenvalue weighted by Gasteiger charge is 2.16. The summed E-state index contributed by atoms with van der Waals surface area (Å²) in [5.74, 6) is 0. The van der Waals surface area contributed by atoms with E-state index < -0.39 is 0 Å². The Bertz CT molecular complexity index is 377. The van der Waals surface area contributed by atoms with E-state index in [1.54, 1.807) is 4.90 Å². The average Bonchev–Trinajstić information content (AvgIpc) is 2.30. The molecule has 16 heavy (non-hydrogen) atoms. The molecule has 0 aromatic heterocycles. The molecule has 1 aliphatic rings. The van der Waals surface area contributed by atoms with Gasteiger partial charge in [0.05, 0.1) is 0 Å². The highest BCUT2D eigenvalue weighted by molar-refractivity contribution is 9.10. The molecular weight excluding hydrogens is 270 g/mol. The lowest BCUT2D eigenvalue weighted by molar-refractivity contribution is 0.203. The minimum atomic E-state index is -0.0481. The van der Waals surface area contributed by atoms with Crippen molar-refractivity contribution < 1.29 is 4.79 Å². The molecule has 1 aromatic carbocycles. The molecule has 5 heteroatoms. The first-order valence-corrected chi connectivity index (χ1v) is 6.00. The second kappa shape index (κ2) is 5.32. The second-order valence-electron chi connectivity index (χ2n) is 3.60. The van der Waals surface area contributed by atoms with Crippen molar-refractivity contribution in [1.29, 1.82) is 0 Å². The van der Waals surface area contributed by atoms with E-state index in [1.807, 2.05) is 24.3 Å². The van der Waals surface area contributed by atoms with Crippen LogP contribution >= 0.6 is 15.9 Å². The SMILES string of the molecule is O=C(Nc1cccc(Br)c1)N1CC[N]CC1. The number of urea groups is 1. The Labute approximate surface area is 103 Å². The van der Waals surface area contributed by atoms with Crippen LogP contribution in [0.2, 0.25) is 0 Å². The monoisotopic (exact) mass is 282 g/mol. The van der Waals surface area contributed by atoms with Gasteiger partial charge >= 0.3 is 6.03 Å². The number of nitrogens with zero attached hydrogens (tertiary/aromatic N) is 2. The Morgan fingerprint density at radius 1 is 1.38 bits per heavy atom. The second-order valence-corrected chi connectivity index (χ2v) is 4.51. The number of carbonyl (C=O) groups excluding carboxylic acids is 1. The third kappa shape index (κ3) is 2.96. The van der Waals surface area contributed by atoms with Crippen LogP contribution in [-0.4, -0.2) is 37.1 Å². The van der Waals surface area contributed by atoms with E-state index in [-0.39, 0.29) is 6.03 Å². The largest absolute Gasteiger partial charge is 0.322 e. The predicted octanol–water partition coefficient (Wildman–Crippen LogP) is 1.90. The standard InChI is InChI=1S/C11H13BrN3O/c12-9-2-1-3-10(8-9)14-11(16)15-6-4-13-5-7-15/h1-3,8H,4-7H2,(H,14,16). The molecule has 2 amide bonds. The summed E-state index contributed by atoms with van der Waals surface area (Å²) < 4.78 is 0.957. The maximum Gasteiger partial charge on any atom is 0.321 e. The smallest absolute Gasteiger partial charge is 0.321 e. The van der Waals surface area contributed by atoms with Gasteiger partial charge in [-0.3, -0.25) is 0 Å². The molecule has 1 aliphatic heterocycles. The molecule has 1 fully saturated rings. The summed E-state index contributed by atoms with van der Waals surface area (Å²) in [6.07, 6.45) is 0. The van der Waals surface area contributed by atoms with Crippen LogP contribution < -0.4 is 10.6 Å². The summed E-state index contributed by atoms with van der Waals surface area (Å²) in [5.41, 5.74) is 0.807. The first-order valence-electron chi connectivity index (χ1n) is 5.20. The molecular formula is C11H13BrN3O. The Balaban J connectivity index is 1.96. The number of benzene rings is 1. The zero-order valence-corrected chi connectivity index (χ0v) is 10.4. The van der Waals surface area contributed by atoms with Crippen LogP contribution in [0.15, 0.2) is 28.7 Å². The minimum Gasteiger partial charge on any atom is -0.322 e. The van der Waals surface area contributed by atoms with Gasteiger partial charge in [-0.25, -0.2) is 10.1 Å². The van der Waals surface area contributed by atoms with Crippen LogP contribution in [0.4, 0.5) is 10.5 Å². The van der Waals surface area contributed by atoms with Gasteiger partial charge in [-0.1, -0.05) is 22.0 Å². The van der Waals surface area contributed by atoms with Crippen LogP contribution in [0.25, 0.3) is 0 Å². The van der Waals surface area contributed by atoms with Crippen LogP contribution in [0.5, 0.6) is 0 Å². The van der Waals surface area contributed by atoms with Crippen molar-refractivity contribution in [2.45, 2.75) is 0 Å². The topological polar surface area (TPSA) is 46.4 Å². The van der Waals surface area contributed by atoms with Crippen molar-refractivity contribution in [1.82, 2.24) is 10.2 Å². The van der Waals surface area contributed by atoms with Gasteiger partial charge in [-0.05, 0) is 18.2 Å². The summed E-state index contributed by atoms with van der Waals surface area (Å²) in [7, 11) is 0. The van der Waals surface area contributed by atoms with Gasteiger partial charge in [0.2, 0.25) is 0 Å². The number of piperazine rings is 1. The van der Waals surface area contributed by atoms with Crippen molar-refractivity contribution >= 4 is 27.6 Å². The maximum atomic E-state index is 11.8. The van der Waals surface area contributed by atoms with Crippen molar-refractivity contribution in [3.05, 3.63) is 28.7 Å². The van der Waals surface area contributed by atoms with Gasteiger partial charge < -0.3 is 10.2 Å². The molecule has 0 saturated carbocycles. The van der Waals surface area contributed by atoms with Crippen LogP contribution in [0.3, 0.4) is 0 Å². The number of hydrogen-bond donors (Lipinski definition) is 1. The number of amides is 2. The fourth-order valence-electron chi connectivity index (χ4n) is 1.58. The first kappa shape index (κ1) is 11.4. The molecule has 85 valence electrons. The number of nitrogens with one attached hydrogen (secondary N) is 1. The number of anilines is 1. The van der Waals surface area contributed by atoms with E-state index in [9.17, 15) is 4.79 Å². The van der Waals surface area contributed by atoms with Gasteiger partial charge in [0.25, 0.3) is 0 Å². The fourth-order valence-corrected chi connectivity index (χ4v) is 1.98. The highest BCUT2D eigenvalue weighted by Crippen LogP contribution is 2.16. The fraction of sp³-hybridized carbons (Fsp3) is 0.364. The molecule has 1 saturated heterocycles. The van der Waals surface area contributed by atoms with Gasteiger partial charge in [-0.15, -0.1) is 0 Å². The van der Waals surface area contributed by atoms with Crippen molar-refractivity contribution in [3.63, 3.8) is 0 Å². The van der Waals surface area contributed by atoms with E-state index >= 15 is 0 Å². The zero-order valence-electron chi connectivity index (χ0n) is 8.82. The van der Waals surface area contributed by atoms with Crippen molar-refractivity contribution in [2.75, 3.05) is 31.5 Å². The molecule has 4 nitrogen and oxygen atoms in total. The van der Waals surface area contributed by atoms with Gasteiger partial charge in [0.15, 0.2) is 0 Å². The third-order valence-electron chi connectivity index (χ3n) is 2.42. The van der Waals surface area contributed by atoms with Gasteiger partial charge in [0.1, 0.15) is 0 Å². The van der Waals surface area contributed by atoms with Crippen molar-refractivity contribution in [3.8, 4) is 0 Å². The molecule has 0 unspecified atom stereocenters. The highest BCUT2D eigenvalue weighted by atomic mass is 79.9. The van der Waals surface area contributed by atoms with Crippen LogP contribution in [0.1, 0.15) is 0 Å². The average molecular weight is 283 g/mol. The Morgan fingerprint density at radius 3 is 2.81 bits per heavy atom. The predicted molar refractivity (Wildman–Crippen MR) is 66.6 cm³/mol. The number of carbonyl (C=O) groups is 1. The van der Waals surface area contributed by atoms with Gasteiger partial charge in [-0.2, -0.15) is 0 Å². The van der Waals surface area contributed by atoms with Crippen molar-refractivity contribution in [2.24, 2.45) is 0 Å². The quantitative estimate of drug-likeness (QED) is 0.840. The van der Waals surface area contributed by atoms with E-state index in [0.29, 0.717) is 13.1 Å². The summed E-state index contributed by atoms with van der Waals surface area (Å²) >= 11 is 3.37. The summed E-state index contributed by atoms with van der Waals surface area (Å²) in [6, 6.07) is 7.53. The van der Waals surface area contributed by atoms with E-state index in [4.69, 9.17) is 0 Å². The number of hydrogen-bond acceptors (Lipinski definition) is 1. The lowest BCUT2D eigenvalue weighted by Gasteiger charge is -2.26. The number of halogens is 1. The van der Waals surface area contributed by atoms with Crippen LogP contribution in [-0.2, 0) is 0 Å². The zero-order chi connectivity index (χ0) is 11.4. The summed E-state index contributed by atoms with van der Waals surface area (Å²) in [5, 5.41) is 7.07. The van der Waals surface area contributed by atoms with E-state index in [1.165, 1.54) is 0 Å². The Morgan fingerprint density at radius 2 is 2.12 bits per heavy atom. The third-order valence-corrected chi connectivity index (χ3v) is 2.91. The molecule has 0 spiro atoms.